The van der Waals surface area contributed by atoms with Gasteiger partial charge in [-0.1, -0.05) is 24.4 Å². The van der Waals surface area contributed by atoms with E-state index in [9.17, 15) is 0 Å². The molecule has 1 aromatic carbocycles. The van der Waals surface area contributed by atoms with Crippen molar-refractivity contribution in [3.63, 3.8) is 0 Å². The molecule has 2 fully saturated rings. The van der Waals surface area contributed by atoms with Gasteiger partial charge >= 0.3 is 0 Å². The number of nitrogens with one attached hydrogen (secondary N) is 2. The fourth-order valence-electron chi connectivity index (χ4n) is 3.63. The van der Waals surface area contributed by atoms with Crippen molar-refractivity contribution < 1.29 is 4.42 Å². The van der Waals surface area contributed by atoms with Gasteiger partial charge in [-0.3, -0.25) is 0 Å². The SMILES string of the molecule is C[C@H]1CNCCN1c1nc2cc(Cl)cc(NC3CCCC3)c2o1. The van der Waals surface area contributed by atoms with E-state index in [0.29, 0.717) is 23.1 Å². The molecule has 2 N–H and O–H groups in total. The minimum atomic E-state index is 0.374. The molecule has 1 saturated carbocycles. The number of rotatable bonds is 3. The Morgan fingerprint density at radius 3 is 2.96 bits per heavy atom. The smallest absolute Gasteiger partial charge is 0.298 e. The van der Waals surface area contributed by atoms with Crippen LogP contribution in [0.3, 0.4) is 0 Å². The van der Waals surface area contributed by atoms with Crippen molar-refractivity contribution in [1.29, 1.82) is 0 Å². The van der Waals surface area contributed by atoms with Crippen LogP contribution in [-0.4, -0.2) is 36.7 Å². The van der Waals surface area contributed by atoms with Crippen LogP contribution >= 0.6 is 11.6 Å². The predicted octanol–water partition coefficient (Wildman–Crippen LogP) is 3.63. The summed E-state index contributed by atoms with van der Waals surface area (Å²) >= 11 is 6.29. The number of oxazole rings is 1. The summed E-state index contributed by atoms with van der Waals surface area (Å²) in [5.74, 6) is 0. The monoisotopic (exact) mass is 334 g/mol. The van der Waals surface area contributed by atoms with Gasteiger partial charge in [-0.25, -0.2) is 0 Å². The third-order valence-corrected chi connectivity index (χ3v) is 5.12. The van der Waals surface area contributed by atoms with Crippen LogP contribution in [0.15, 0.2) is 16.5 Å². The lowest BCUT2D eigenvalue weighted by Crippen LogP contribution is -2.50. The van der Waals surface area contributed by atoms with Crippen LogP contribution in [0.5, 0.6) is 0 Å². The Balaban J connectivity index is 1.69. The van der Waals surface area contributed by atoms with Gasteiger partial charge in [0.25, 0.3) is 6.01 Å². The van der Waals surface area contributed by atoms with Crippen molar-refractivity contribution in [3.05, 3.63) is 17.2 Å². The number of anilines is 2. The molecule has 2 aromatic rings. The normalized spacial score (nSPS) is 22.9. The number of halogens is 1. The molecule has 1 aliphatic heterocycles. The average Bonchev–Trinajstić information content (AvgIpc) is 3.17. The number of hydrogen-bond donors (Lipinski definition) is 2. The van der Waals surface area contributed by atoms with Crippen molar-refractivity contribution in [2.75, 3.05) is 29.9 Å². The summed E-state index contributed by atoms with van der Waals surface area (Å²) in [6.07, 6.45) is 5.01. The molecule has 0 radical (unpaired) electrons. The van der Waals surface area contributed by atoms with E-state index in [4.69, 9.17) is 16.0 Å². The second-order valence-electron chi connectivity index (χ2n) is 6.67. The number of fused-ring (bicyclic) bond motifs is 1. The summed E-state index contributed by atoms with van der Waals surface area (Å²) < 4.78 is 6.14. The fraction of sp³-hybridized carbons (Fsp3) is 0.588. The highest BCUT2D eigenvalue weighted by molar-refractivity contribution is 6.31. The van der Waals surface area contributed by atoms with Crippen molar-refractivity contribution in [2.24, 2.45) is 0 Å². The molecule has 5 nitrogen and oxygen atoms in total. The fourth-order valence-corrected chi connectivity index (χ4v) is 3.84. The first-order valence-corrected chi connectivity index (χ1v) is 8.92. The first kappa shape index (κ1) is 15.1. The molecule has 4 rings (SSSR count). The van der Waals surface area contributed by atoms with E-state index in [1.165, 1.54) is 25.7 Å². The minimum absolute atomic E-state index is 0.374. The second kappa shape index (κ2) is 6.21. The van der Waals surface area contributed by atoms with Gasteiger partial charge < -0.3 is 20.0 Å². The Morgan fingerprint density at radius 1 is 1.35 bits per heavy atom. The molecule has 1 atom stereocenters. The van der Waals surface area contributed by atoms with Crippen LogP contribution < -0.4 is 15.5 Å². The van der Waals surface area contributed by atoms with E-state index in [2.05, 4.69) is 27.4 Å². The Labute approximate surface area is 141 Å². The van der Waals surface area contributed by atoms with E-state index < -0.39 is 0 Å². The second-order valence-corrected chi connectivity index (χ2v) is 7.11. The summed E-state index contributed by atoms with van der Waals surface area (Å²) in [4.78, 5) is 6.92. The maximum Gasteiger partial charge on any atom is 0.298 e. The molecule has 1 saturated heterocycles. The third kappa shape index (κ3) is 3.00. The van der Waals surface area contributed by atoms with E-state index in [1.54, 1.807) is 0 Å². The van der Waals surface area contributed by atoms with Gasteiger partial charge in [-0.15, -0.1) is 0 Å². The van der Waals surface area contributed by atoms with Gasteiger partial charge in [0.05, 0.1) is 5.69 Å². The highest BCUT2D eigenvalue weighted by Gasteiger charge is 2.24. The van der Waals surface area contributed by atoms with Crippen molar-refractivity contribution in [1.82, 2.24) is 10.3 Å². The number of aromatic nitrogens is 1. The van der Waals surface area contributed by atoms with Crippen molar-refractivity contribution in [3.8, 4) is 0 Å². The zero-order valence-electron chi connectivity index (χ0n) is 13.4. The first-order chi connectivity index (χ1) is 11.2. The molecule has 1 aromatic heterocycles. The summed E-state index contributed by atoms with van der Waals surface area (Å²) in [7, 11) is 0. The summed E-state index contributed by atoms with van der Waals surface area (Å²) in [6, 6.07) is 5.43. The molecule has 1 aliphatic carbocycles. The van der Waals surface area contributed by atoms with Crippen molar-refractivity contribution >= 4 is 34.4 Å². The quantitative estimate of drug-likeness (QED) is 0.897. The van der Waals surface area contributed by atoms with Gasteiger partial charge in [-0.05, 0) is 31.9 Å². The summed E-state index contributed by atoms with van der Waals surface area (Å²) in [5.41, 5.74) is 2.63. The number of piperazine rings is 1. The molecule has 0 spiro atoms. The summed E-state index contributed by atoms with van der Waals surface area (Å²) in [5, 5.41) is 7.70. The average molecular weight is 335 g/mol. The van der Waals surface area contributed by atoms with E-state index in [0.717, 1.165) is 36.4 Å². The molecular formula is C17H23ClN4O. The standard InChI is InChI=1S/C17H23ClN4O/c1-11-10-19-6-7-22(11)17-21-15-9-12(18)8-14(16(15)23-17)20-13-4-2-3-5-13/h8-9,11,13,19-20H,2-7,10H2,1H3/t11-/m0/s1. The number of nitrogens with zero attached hydrogens (tertiary/aromatic N) is 2. The highest BCUT2D eigenvalue weighted by Crippen LogP contribution is 2.34. The lowest BCUT2D eigenvalue weighted by Gasteiger charge is -2.32. The van der Waals surface area contributed by atoms with Gasteiger partial charge in [0, 0.05) is 36.7 Å². The van der Waals surface area contributed by atoms with E-state index >= 15 is 0 Å². The molecule has 124 valence electrons. The lowest BCUT2D eigenvalue weighted by molar-refractivity contribution is 0.456. The number of hydrogen-bond acceptors (Lipinski definition) is 5. The molecule has 6 heteroatoms. The topological polar surface area (TPSA) is 53.3 Å². The van der Waals surface area contributed by atoms with Crippen LogP contribution in [0, 0.1) is 0 Å². The van der Waals surface area contributed by atoms with Crippen LogP contribution in [-0.2, 0) is 0 Å². The molecule has 2 aliphatic rings. The lowest BCUT2D eigenvalue weighted by atomic mass is 10.2. The molecule has 0 unspecified atom stereocenters. The van der Waals surface area contributed by atoms with Crippen LogP contribution in [0.25, 0.3) is 11.1 Å². The largest absolute Gasteiger partial charge is 0.421 e. The Hall–Kier alpha value is -1.46. The zero-order chi connectivity index (χ0) is 15.8. The van der Waals surface area contributed by atoms with Crippen LogP contribution in [0.1, 0.15) is 32.6 Å². The maximum atomic E-state index is 6.29. The molecule has 2 heterocycles. The summed E-state index contributed by atoms with van der Waals surface area (Å²) in [6.45, 7) is 5.00. The highest BCUT2D eigenvalue weighted by atomic mass is 35.5. The van der Waals surface area contributed by atoms with Gasteiger partial charge in [-0.2, -0.15) is 4.98 Å². The van der Waals surface area contributed by atoms with Crippen molar-refractivity contribution in [2.45, 2.75) is 44.7 Å². The zero-order valence-corrected chi connectivity index (χ0v) is 14.2. The first-order valence-electron chi connectivity index (χ1n) is 8.55. The van der Waals surface area contributed by atoms with Crippen LogP contribution in [0.4, 0.5) is 11.7 Å². The Morgan fingerprint density at radius 2 is 2.17 bits per heavy atom. The minimum Gasteiger partial charge on any atom is -0.421 e. The molecule has 0 bridgehead atoms. The van der Waals surface area contributed by atoms with Gasteiger partial charge in [0.1, 0.15) is 5.52 Å². The number of benzene rings is 1. The molecule has 23 heavy (non-hydrogen) atoms. The Kier molecular flexibility index (Phi) is 4.07. The molecular weight excluding hydrogens is 312 g/mol. The third-order valence-electron chi connectivity index (χ3n) is 4.91. The Bertz CT molecular complexity index is 695. The van der Waals surface area contributed by atoms with Gasteiger partial charge in [0.15, 0.2) is 5.58 Å². The van der Waals surface area contributed by atoms with Crippen LogP contribution in [0.2, 0.25) is 5.02 Å². The molecule has 0 amide bonds. The maximum absolute atomic E-state index is 6.29. The van der Waals surface area contributed by atoms with E-state index in [-0.39, 0.29) is 0 Å². The predicted molar refractivity (Wildman–Crippen MR) is 94.6 cm³/mol. The van der Waals surface area contributed by atoms with E-state index in [1.807, 2.05) is 12.1 Å². The van der Waals surface area contributed by atoms with Gasteiger partial charge in [0.2, 0.25) is 0 Å².